The highest BCUT2D eigenvalue weighted by Crippen LogP contribution is 2.28. The van der Waals surface area contributed by atoms with Gasteiger partial charge in [0.1, 0.15) is 17.4 Å². The van der Waals surface area contributed by atoms with Gasteiger partial charge in [0.05, 0.1) is 5.69 Å². The molecule has 27 heavy (non-hydrogen) atoms. The van der Waals surface area contributed by atoms with Crippen LogP contribution in [0.15, 0.2) is 4.52 Å². The first kappa shape index (κ1) is 18.2. The number of carbonyl (C=O) groups excluding carboxylic acids is 1. The third kappa shape index (κ3) is 3.77. The van der Waals surface area contributed by atoms with Crippen LogP contribution in [0.5, 0.6) is 0 Å². The Balaban J connectivity index is 1.41. The molecule has 0 radical (unpaired) electrons. The normalized spacial score (nSPS) is 20.4. The van der Waals surface area contributed by atoms with Gasteiger partial charge in [-0.2, -0.15) is 0 Å². The highest BCUT2D eigenvalue weighted by molar-refractivity contribution is 5.76. The molecule has 0 aromatic carbocycles. The van der Waals surface area contributed by atoms with Gasteiger partial charge >= 0.3 is 0 Å². The Hall–Kier alpha value is -2.18. The third-order valence-electron chi connectivity index (χ3n) is 6.05. The van der Waals surface area contributed by atoms with Crippen LogP contribution >= 0.6 is 0 Å². The number of carbonyl (C=O) groups is 1. The molecule has 2 aliphatic heterocycles. The van der Waals surface area contributed by atoms with E-state index in [1.807, 2.05) is 18.7 Å². The minimum atomic E-state index is 0.218. The molecule has 7 heteroatoms. The Labute approximate surface area is 160 Å². The van der Waals surface area contributed by atoms with Crippen LogP contribution in [0.2, 0.25) is 0 Å². The van der Waals surface area contributed by atoms with Crippen LogP contribution in [-0.4, -0.2) is 43.8 Å². The van der Waals surface area contributed by atoms with Crippen LogP contribution in [0, 0.1) is 13.8 Å². The van der Waals surface area contributed by atoms with Gasteiger partial charge in [0.2, 0.25) is 5.91 Å². The first-order valence-electron chi connectivity index (χ1n) is 10.2. The van der Waals surface area contributed by atoms with Crippen molar-refractivity contribution in [3.8, 4) is 0 Å². The highest BCUT2D eigenvalue weighted by Gasteiger charge is 2.29. The summed E-state index contributed by atoms with van der Waals surface area (Å²) in [7, 11) is 0. The van der Waals surface area contributed by atoms with E-state index in [2.05, 4.69) is 19.9 Å². The van der Waals surface area contributed by atoms with Crippen LogP contribution in [0.1, 0.15) is 73.1 Å². The molecule has 2 aromatic rings. The average molecular weight is 371 g/mol. The number of amides is 1. The van der Waals surface area contributed by atoms with Crippen LogP contribution in [0.3, 0.4) is 0 Å². The molecule has 7 nitrogen and oxygen atoms in total. The maximum Gasteiger partial charge on any atom is 0.222 e. The maximum absolute atomic E-state index is 12.8. The SMILES string of the molecule is Cc1noc(C)c1CCC(=O)N1CCCC(c2nnc3n2CCCCC3)C1. The molecule has 0 saturated carbocycles. The average Bonchev–Trinajstić information content (AvgIpc) is 3.14. The van der Waals surface area contributed by atoms with Crippen molar-refractivity contribution in [1.29, 1.82) is 0 Å². The first-order valence-corrected chi connectivity index (χ1v) is 10.2. The number of fused-ring (bicyclic) bond motifs is 1. The molecule has 1 saturated heterocycles. The van der Waals surface area contributed by atoms with Crippen LogP contribution in [-0.2, 0) is 24.2 Å². The summed E-state index contributed by atoms with van der Waals surface area (Å²) >= 11 is 0. The molecule has 2 aliphatic rings. The lowest BCUT2D eigenvalue weighted by Gasteiger charge is -2.32. The third-order valence-corrected chi connectivity index (χ3v) is 6.05. The van der Waals surface area contributed by atoms with Gasteiger partial charge in [-0.05, 0) is 46.0 Å². The fourth-order valence-electron chi connectivity index (χ4n) is 4.47. The van der Waals surface area contributed by atoms with E-state index in [9.17, 15) is 4.79 Å². The van der Waals surface area contributed by atoms with Crippen molar-refractivity contribution in [2.75, 3.05) is 13.1 Å². The van der Waals surface area contributed by atoms with Crippen molar-refractivity contribution < 1.29 is 9.32 Å². The van der Waals surface area contributed by atoms with E-state index in [4.69, 9.17) is 4.52 Å². The minimum absolute atomic E-state index is 0.218. The van der Waals surface area contributed by atoms with Crippen molar-refractivity contribution in [1.82, 2.24) is 24.8 Å². The van der Waals surface area contributed by atoms with E-state index in [0.717, 1.165) is 67.6 Å². The van der Waals surface area contributed by atoms with Crippen molar-refractivity contribution in [3.63, 3.8) is 0 Å². The van der Waals surface area contributed by atoms with E-state index in [1.165, 1.54) is 19.3 Å². The number of likely N-dealkylation sites (tertiary alicyclic amines) is 1. The molecule has 1 atom stereocenters. The summed E-state index contributed by atoms with van der Waals surface area (Å²) in [4.78, 5) is 14.8. The van der Waals surface area contributed by atoms with Gasteiger partial charge in [0.15, 0.2) is 0 Å². The van der Waals surface area contributed by atoms with Crippen molar-refractivity contribution in [2.24, 2.45) is 0 Å². The highest BCUT2D eigenvalue weighted by atomic mass is 16.5. The number of rotatable bonds is 4. The molecular formula is C20H29N5O2. The molecule has 4 rings (SSSR count). The zero-order chi connectivity index (χ0) is 18.8. The molecule has 1 fully saturated rings. The van der Waals surface area contributed by atoms with Crippen molar-refractivity contribution >= 4 is 5.91 Å². The van der Waals surface area contributed by atoms with Gasteiger partial charge < -0.3 is 14.0 Å². The smallest absolute Gasteiger partial charge is 0.222 e. The van der Waals surface area contributed by atoms with Crippen LogP contribution in [0.25, 0.3) is 0 Å². The quantitative estimate of drug-likeness (QED) is 0.826. The fraction of sp³-hybridized carbons (Fsp3) is 0.700. The summed E-state index contributed by atoms with van der Waals surface area (Å²) in [5, 5.41) is 12.9. The standard InChI is InChI=1S/C20H29N5O2/c1-14-17(15(2)27-23-14)9-10-19(26)24-11-6-7-16(13-24)20-22-21-18-8-4-3-5-12-25(18)20/h16H,3-13H2,1-2H3. The Morgan fingerprint density at radius 1 is 1.15 bits per heavy atom. The number of piperidine rings is 1. The maximum atomic E-state index is 12.8. The lowest BCUT2D eigenvalue weighted by Crippen LogP contribution is -2.40. The predicted molar refractivity (Wildman–Crippen MR) is 100 cm³/mol. The number of aryl methyl sites for hydroxylation is 3. The van der Waals surface area contributed by atoms with Gasteiger partial charge in [-0.1, -0.05) is 11.6 Å². The molecule has 1 amide bonds. The minimum Gasteiger partial charge on any atom is -0.361 e. The molecule has 2 aromatic heterocycles. The zero-order valence-corrected chi connectivity index (χ0v) is 16.4. The lowest BCUT2D eigenvalue weighted by atomic mass is 9.96. The Morgan fingerprint density at radius 3 is 2.85 bits per heavy atom. The van der Waals surface area contributed by atoms with Crippen molar-refractivity contribution in [3.05, 3.63) is 28.7 Å². The Bertz CT molecular complexity index is 790. The number of aromatic nitrogens is 4. The summed E-state index contributed by atoms with van der Waals surface area (Å²) in [6, 6.07) is 0. The summed E-state index contributed by atoms with van der Waals surface area (Å²) < 4.78 is 7.54. The summed E-state index contributed by atoms with van der Waals surface area (Å²) in [5.41, 5.74) is 1.96. The topological polar surface area (TPSA) is 77.1 Å². The van der Waals surface area contributed by atoms with Gasteiger partial charge in [-0.3, -0.25) is 4.79 Å². The Kier molecular flexibility index (Phi) is 5.27. The molecule has 146 valence electrons. The first-order chi connectivity index (χ1) is 13.1. The molecule has 0 N–H and O–H groups in total. The number of nitrogens with zero attached hydrogens (tertiary/aromatic N) is 5. The Morgan fingerprint density at radius 2 is 2.04 bits per heavy atom. The second-order valence-electron chi connectivity index (χ2n) is 7.92. The molecule has 0 bridgehead atoms. The number of hydrogen-bond donors (Lipinski definition) is 0. The van der Waals surface area contributed by atoms with Gasteiger partial charge in [-0.25, -0.2) is 0 Å². The van der Waals surface area contributed by atoms with Gasteiger partial charge in [0.25, 0.3) is 0 Å². The second-order valence-corrected chi connectivity index (χ2v) is 7.92. The number of hydrogen-bond acceptors (Lipinski definition) is 5. The van der Waals surface area contributed by atoms with E-state index < -0.39 is 0 Å². The van der Waals surface area contributed by atoms with Gasteiger partial charge in [-0.15, -0.1) is 10.2 Å². The summed E-state index contributed by atoms with van der Waals surface area (Å²) in [6.45, 7) is 6.47. The molecule has 4 heterocycles. The molecular weight excluding hydrogens is 342 g/mol. The fourth-order valence-corrected chi connectivity index (χ4v) is 4.47. The summed E-state index contributed by atoms with van der Waals surface area (Å²) in [5.74, 6) is 3.57. The van der Waals surface area contributed by atoms with E-state index in [1.54, 1.807) is 0 Å². The van der Waals surface area contributed by atoms with E-state index >= 15 is 0 Å². The van der Waals surface area contributed by atoms with Crippen LogP contribution in [0.4, 0.5) is 0 Å². The molecule has 1 unspecified atom stereocenters. The lowest BCUT2D eigenvalue weighted by molar-refractivity contribution is -0.132. The van der Waals surface area contributed by atoms with Gasteiger partial charge in [0, 0.05) is 44.0 Å². The van der Waals surface area contributed by atoms with Crippen LogP contribution < -0.4 is 0 Å². The monoisotopic (exact) mass is 371 g/mol. The van der Waals surface area contributed by atoms with E-state index in [0.29, 0.717) is 18.8 Å². The van der Waals surface area contributed by atoms with Crippen molar-refractivity contribution in [2.45, 2.75) is 77.7 Å². The molecule has 0 spiro atoms. The summed E-state index contributed by atoms with van der Waals surface area (Å²) in [6.07, 6.45) is 8.02. The zero-order valence-electron chi connectivity index (χ0n) is 16.4. The largest absolute Gasteiger partial charge is 0.361 e. The predicted octanol–water partition coefficient (Wildman–Crippen LogP) is 2.95. The molecule has 0 aliphatic carbocycles. The second kappa shape index (κ2) is 7.82. The van der Waals surface area contributed by atoms with E-state index in [-0.39, 0.29) is 5.91 Å².